The molecule has 0 saturated heterocycles. The van der Waals surface area contributed by atoms with Gasteiger partial charge in [0, 0.05) is 17.2 Å². The molecule has 5 nitrogen and oxygen atoms in total. The molecule has 1 unspecified atom stereocenters. The highest BCUT2D eigenvalue weighted by molar-refractivity contribution is 6.00. The molecule has 5 heteroatoms. The maximum atomic E-state index is 13.4. The second-order valence-corrected chi connectivity index (χ2v) is 8.05. The Bertz CT molecular complexity index is 1030. The monoisotopic (exact) mass is 387 g/mol. The zero-order valence-corrected chi connectivity index (χ0v) is 16.8. The smallest absolute Gasteiger partial charge is 0.273 e. The Morgan fingerprint density at radius 1 is 1.03 bits per heavy atom. The van der Waals surface area contributed by atoms with E-state index in [-0.39, 0.29) is 11.9 Å². The first-order chi connectivity index (χ1) is 14.2. The first-order valence-corrected chi connectivity index (χ1v) is 10.3. The Hall–Kier alpha value is -3.08. The minimum atomic E-state index is -0.1000. The van der Waals surface area contributed by atoms with Crippen molar-refractivity contribution >= 4 is 5.91 Å². The van der Waals surface area contributed by atoms with Crippen LogP contribution in [0.4, 0.5) is 0 Å². The van der Waals surface area contributed by atoms with E-state index < -0.39 is 0 Å². The van der Waals surface area contributed by atoms with E-state index in [1.54, 1.807) is 7.11 Å². The van der Waals surface area contributed by atoms with Crippen LogP contribution in [-0.2, 0) is 0 Å². The van der Waals surface area contributed by atoms with Crippen LogP contribution in [-0.4, -0.2) is 34.2 Å². The minimum absolute atomic E-state index is 0.0738. The van der Waals surface area contributed by atoms with Crippen molar-refractivity contribution in [2.45, 2.75) is 44.7 Å². The van der Waals surface area contributed by atoms with Crippen LogP contribution in [0.1, 0.15) is 58.9 Å². The van der Waals surface area contributed by atoms with Crippen molar-refractivity contribution in [1.82, 2.24) is 15.1 Å². The van der Waals surface area contributed by atoms with Crippen molar-refractivity contribution in [2.24, 2.45) is 0 Å². The second-order valence-electron chi connectivity index (χ2n) is 8.05. The third-order valence-corrected chi connectivity index (χ3v) is 6.28. The lowest BCUT2D eigenvalue weighted by atomic mass is 9.94. The molecule has 3 aromatic rings. The van der Waals surface area contributed by atoms with Crippen molar-refractivity contribution in [3.05, 3.63) is 70.9 Å². The summed E-state index contributed by atoms with van der Waals surface area (Å²) in [5, 5.41) is 7.61. The molecular formula is C24H25N3O2. The molecule has 2 aliphatic rings. The van der Waals surface area contributed by atoms with Gasteiger partial charge < -0.3 is 9.64 Å². The number of rotatable bonds is 4. The number of ether oxygens (including phenoxy) is 1. The lowest BCUT2D eigenvalue weighted by Crippen LogP contribution is -2.37. The van der Waals surface area contributed by atoms with Gasteiger partial charge in [-0.05, 0) is 49.6 Å². The topological polar surface area (TPSA) is 58.2 Å². The van der Waals surface area contributed by atoms with Gasteiger partial charge in [-0.15, -0.1) is 0 Å². The molecule has 1 fully saturated rings. The number of fused-ring (bicyclic) bond motifs is 1. The first-order valence-electron chi connectivity index (χ1n) is 10.3. The second kappa shape index (κ2) is 7.07. The Balaban J connectivity index is 1.65. The number of hydrogen-bond donors (Lipinski definition) is 1. The molecular weight excluding hydrogens is 362 g/mol. The summed E-state index contributed by atoms with van der Waals surface area (Å²) in [4.78, 5) is 15.5. The summed E-state index contributed by atoms with van der Waals surface area (Å²) in [6.07, 6.45) is 4.52. The normalized spacial score (nSPS) is 19.0. The lowest BCUT2D eigenvalue weighted by Gasteiger charge is -2.32. The standard InChI is InChI=1S/C24H25N3O2/c1-15-7-9-17(10-8-15)23-20-21(16-11-13-19(29-2)14-12-16)25-26-22(20)24(28)27(23)18-5-3-4-6-18/h7-14,18,23H,3-6H2,1-2H3,(H,25,26). The molecule has 1 aromatic heterocycles. The van der Waals surface area contributed by atoms with E-state index >= 15 is 0 Å². The first kappa shape index (κ1) is 18.0. The number of methoxy groups -OCH3 is 1. The molecule has 2 aromatic carbocycles. The average Bonchev–Trinajstić information content (AvgIpc) is 3.47. The van der Waals surface area contributed by atoms with Gasteiger partial charge in [0.05, 0.1) is 18.8 Å². The largest absolute Gasteiger partial charge is 0.497 e. The van der Waals surface area contributed by atoms with Crippen LogP contribution in [0.2, 0.25) is 0 Å². The van der Waals surface area contributed by atoms with Crippen molar-refractivity contribution < 1.29 is 9.53 Å². The van der Waals surface area contributed by atoms with E-state index in [9.17, 15) is 4.79 Å². The van der Waals surface area contributed by atoms with Gasteiger partial charge in [-0.25, -0.2) is 0 Å². The van der Waals surface area contributed by atoms with Crippen LogP contribution >= 0.6 is 0 Å². The predicted octanol–water partition coefficient (Wildman–Crippen LogP) is 4.88. The number of nitrogens with one attached hydrogen (secondary N) is 1. The summed E-state index contributed by atoms with van der Waals surface area (Å²) in [6.45, 7) is 2.09. The number of carbonyl (C=O) groups is 1. The van der Waals surface area contributed by atoms with Gasteiger partial charge in [0.2, 0.25) is 0 Å². The molecule has 2 heterocycles. The van der Waals surface area contributed by atoms with Crippen molar-refractivity contribution in [3.63, 3.8) is 0 Å². The third-order valence-electron chi connectivity index (χ3n) is 6.28. The van der Waals surface area contributed by atoms with E-state index in [1.165, 1.54) is 18.4 Å². The number of aryl methyl sites for hydroxylation is 1. The van der Waals surface area contributed by atoms with E-state index in [2.05, 4.69) is 46.3 Å². The van der Waals surface area contributed by atoms with Gasteiger partial charge in [-0.1, -0.05) is 42.7 Å². The van der Waals surface area contributed by atoms with Crippen molar-refractivity contribution in [3.8, 4) is 17.0 Å². The molecule has 1 saturated carbocycles. The van der Waals surface area contributed by atoms with Crippen LogP contribution in [0, 0.1) is 6.92 Å². The van der Waals surface area contributed by atoms with Gasteiger partial charge in [0.15, 0.2) is 0 Å². The van der Waals surface area contributed by atoms with Crippen molar-refractivity contribution in [2.75, 3.05) is 7.11 Å². The average molecular weight is 387 g/mol. The molecule has 1 N–H and O–H groups in total. The van der Waals surface area contributed by atoms with Crippen LogP contribution in [0.3, 0.4) is 0 Å². The molecule has 1 amide bonds. The van der Waals surface area contributed by atoms with Crippen LogP contribution in [0.15, 0.2) is 48.5 Å². The maximum absolute atomic E-state index is 13.4. The number of aromatic amines is 1. The molecule has 1 aliphatic heterocycles. The van der Waals surface area contributed by atoms with Gasteiger partial charge in [-0.2, -0.15) is 5.10 Å². The highest BCUT2D eigenvalue weighted by atomic mass is 16.5. The summed E-state index contributed by atoms with van der Waals surface area (Å²) in [5.74, 6) is 0.879. The fraction of sp³-hybridized carbons (Fsp3) is 0.333. The van der Waals surface area contributed by atoms with Gasteiger partial charge >= 0.3 is 0 Å². The van der Waals surface area contributed by atoms with E-state index in [0.29, 0.717) is 11.7 Å². The number of nitrogens with zero attached hydrogens (tertiary/aromatic N) is 2. The zero-order valence-electron chi connectivity index (χ0n) is 16.8. The molecule has 5 rings (SSSR count). The zero-order chi connectivity index (χ0) is 20.0. The molecule has 1 aliphatic carbocycles. The number of amides is 1. The van der Waals surface area contributed by atoms with E-state index in [0.717, 1.165) is 41.0 Å². The Labute approximate surface area is 170 Å². The SMILES string of the molecule is COc1ccc(-c2n[nH]c3c2C(c2ccc(C)cc2)N(C2CCCC2)C3=O)cc1. The van der Waals surface area contributed by atoms with E-state index in [1.807, 2.05) is 24.3 Å². The third kappa shape index (κ3) is 2.92. The predicted molar refractivity (Wildman–Crippen MR) is 112 cm³/mol. The molecule has 1 atom stereocenters. The Kier molecular flexibility index (Phi) is 4.38. The van der Waals surface area contributed by atoms with Crippen molar-refractivity contribution in [1.29, 1.82) is 0 Å². The fourth-order valence-corrected chi connectivity index (χ4v) is 4.77. The summed E-state index contributed by atoms with van der Waals surface area (Å²) in [6, 6.07) is 16.6. The molecule has 148 valence electrons. The minimum Gasteiger partial charge on any atom is -0.497 e. The molecule has 29 heavy (non-hydrogen) atoms. The maximum Gasteiger partial charge on any atom is 0.273 e. The number of hydrogen-bond acceptors (Lipinski definition) is 3. The van der Waals surface area contributed by atoms with Gasteiger partial charge in [0.25, 0.3) is 5.91 Å². The summed E-state index contributed by atoms with van der Waals surface area (Å²) in [7, 11) is 1.66. The molecule has 0 bridgehead atoms. The van der Waals surface area contributed by atoms with Gasteiger partial charge in [-0.3, -0.25) is 9.89 Å². The molecule has 0 spiro atoms. The quantitative estimate of drug-likeness (QED) is 0.694. The number of H-pyrrole nitrogens is 1. The lowest BCUT2D eigenvalue weighted by molar-refractivity contribution is 0.0660. The Morgan fingerprint density at radius 3 is 2.38 bits per heavy atom. The van der Waals surface area contributed by atoms with Crippen LogP contribution in [0.25, 0.3) is 11.3 Å². The number of aromatic nitrogens is 2. The van der Waals surface area contributed by atoms with Crippen LogP contribution in [0.5, 0.6) is 5.75 Å². The number of carbonyl (C=O) groups excluding carboxylic acids is 1. The molecule has 0 radical (unpaired) electrons. The van der Waals surface area contributed by atoms with Crippen LogP contribution < -0.4 is 4.74 Å². The van der Waals surface area contributed by atoms with E-state index in [4.69, 9.17) is 4.74 Å². The Morgan fingerprint density at radius 2 is 1.72 bits per heavy atom. The summed E-state index contributed by atoms with van der Waals surface area (Å²) >= 11 is 0. The highest BCUT2D eigenvalue weighted by Gasteiger charge is 2.45. The highest BCUT2D eigenvalue weighted by Crippen LogP contribution is 2.46. The van der Waals surface area contributed by atoms with Gasteiger partial charge in [0.1, 0.15) is 11.4 Å². The summed E-state index contributed by atoms with van der Waals surface area (Å²) < 4.78 is 5.29. The number of benzene rings is 2. The summed E-state index contributed by atoms with van der Waals surface area (Å²) in [5.41, 5.74) is 5.83. The fourth-order valence-electron chi connectivity index (χ4n) is 4.77.